The molecule has 102 valence electrons. The minimum atomic E-state index is -4.67. The molecule has 0 fully saturated rings. The molecule has 2 nitrogen and oxygen atoms in total. The van der Waals surface area contributed by atoms with Gasteiger partial charge in [0, 0.05) is 6.04 Å². The van der Waals surface area contributed by atoms with E-state index >= 15 is 0 Å². The molecule has 1 aromatic carbocycles. The van der Waals surface area contributed by atoms with Crippen molar-refractivity contribution in [3.05, 3.63) is 35.1 Å². The van der Waals surface area contributed by atoms with Gasteiger partial charge in [0.25, 0.3) is 0 Å². The fourth-order valence-corrected chi connectivity index (χ4v) is 2.03. The number of hydrazine groups is 1. The standard InChI is InChI=1S/C11H14F4N2S/c1-18-5-4-10(17-16)7-2-3-8(9(12)6-7)11(13,14)15/h2-3,6,10,17H,4-5,16H2,1H3. The number of halogens is 4. The Labute approximate surface area is 107 Å². The molecule has 18 heavy (non-hydrogen) atoms. The molecule has 7 heteroatoms. The number of thioether (sulfide) groups is 1. The molecule has 0 aliphatic carbocycles. The van der Waals surface area contributed by atoms with Gasteiger partial charge in [0.2, 0.25) is 0 Å². The summed E-state index contributed by atoms with van der Waals surface area (Å²) in [6.45, 7) is 0. The lowest BCUT2D eigenvalue weighted by molar-refractivity contribution is -0.140. The Morgan fingerprint density at radius 1 is 1.39 bits per heavy atom. The van der Waals surface area contributed by atoms with Crippen LogP contribution in [0.5, 0.6) is 0 Å². The summed E-state index contributed by atoms with van der Waals surface area (Å²) in [7, 11) is 0. The van der Waals surface area contributed by atoms with Crippen molar-refractivity contribution in [2.75, 3.05) is 12.0 Å². The summed E-state index contributed by atoms with van der Waals surface area (Å²) in [5.74, 6) is 4.82. The molecular formula is C11H14F4N2S. The van der Waals surface area contributed by atoms with Crippen molar-refractivity contribution in [2.45, 2.75) is 18.6 Å². The summed E-state index contributed by atoms with van der Waals surface area (Å²) in [5.41, 5.74) is 1.63. The zero-order valence-electron chi connectivity index (χ0n) is 9.72. The molecule has 0 saturated carbocycles. The summed E-state index contributed by atoms with van der Waals surface area (Å²) < 4.78 is 50.5. The minimum Gasteiger partial charge on any atom is -0.271 e. The predicted molar refractivity (Wildman–Crippen MR) is 64.5 cm³/mol. The van der Waals surface area contributed by atoms with Crippen LogP contribution in [0.2, 0.25) is 0 Å². The van der Waals surface area contributed by atoms with Crippen molar-refractivity contribution in [1.29, 1.82) is 0 Å². The largest absolute Gasteiger partial charge is 0.419 e. The molecular weight excluding hydrogens is 268 g/mol. The van der Waals surface area contributed by atoms with E-state index in [0.717, 1.165) is 17.9 Å². The first-order chi connectivity index (χ1) is 8.40. The summed E-state index contributed by atoms with van der Waals surface area (Å²) in [5, 5.41) is 0. The third-order valence-electron chi connectivity index (χ3n) is 2.51. The third kappa shape index (κ3) is 3.86. The zero-order valence-corrected chi connectivity index (χ0v) is 10.5. The predicted octanol–water partition coefficient (Wildman–Crippen LogP) is 3.10. The Bertz CT molecular complexity index is 395. The first-order valence-electron chi connectivity index (χ1n) is 5.22. The Balaban J connectivity index is 2.95. The van der Waals surface area contributed by atoms with Crippen molar-refractivity contribution in [2.24, 2.45) is 5.84 Å². The molecule has 1 atom stereocenters. The van der Waals surface area contributed by atoms with E-state index in [1.807, 2.05) is 6.26 Å². The topological polar surface area (TPSA) is 38.0 Å². The Kier molecular flexibility index (Phi) is 5.43. The van der Waals surface area contributed by atoms with Gasteiger partial charge in [0.05, 0.1) is 5.56 Å². The summed E-state index contributed by atoms with van der Waals surface area (Å²) in [4.78, 5) is 0. The molecule has 1 aromatic rings. The molecule has 0 heterocycles. The van der Waals surface area contributed by atoms with E-state index in [9.17, 15) is 17.6 Å². The summed E-state index contributed by atoms with van der Waals surface area (Å²) in [6.07, 6.45) is -2.16. The van der Waals surface area contributed by atoms with Crippen LogP contribution < -0.4 is 11.3 Å². The number of nitrogens with one attached hydrogen (secondary N) is 1. The lowest BCUT2D eigenvalue weighted by atomic mass is 10.0. The van der Waals surface area contributed by atoms with Crippen LogP contribution in [-0.4, -0.2) is 12.0 Å². The van der Waals surface area contributed by atoms with E-state index < -0.39 is 17.6 Å². The molecule has 0 aliphatic rings. The fourth-order valence-electron chi connectivity index (χ4n) is 1.56. The van der Waals surface area contributed by atoms with Crippen LogP contribution in [0.3, 0.4) is 0 Å². The second-order valence-electron chi connectivity index (χ2n) is 3.74. The third-order valence-corrected chi connectivity index (χ3v) is 3.16. The van der Waals surface area contributed by atoms with Gasteiger partial charge in [0.1, 0.15) is 5.82 Å². The second kappa shape index (κ2) is 6.40. The molecule has 3 N–H and O–H groups in total. The van der Waals surface area contributed by atoms with Crippen LogP contribution in [0, 0.1) is 5.82 Å². The quantitative estimate of drug-likeness (QED) is 0.495. The number of rotatable bonds is 5. The van der Waals surface area contributed by atoms with Crippen molar-refractivity contribution in [1.82, 2.24) is 5.43 Å². The van der Waals surface area contributed by atoms with Crippen molar-refractivity contribution in [3.63, 3.8) is 0 Å². The molecule has 0 bridgehead atoms. The molecule has 1 rings (SSSR count). The van der Waals surface area contributed by atoms with Crippen molar-refractivity contribution < 1.29 is 17.6 Å². The van der Waals surface area contributed by atoms with Crippen LogP contribution in [0.4, 0.5) is 17.6 Å². The van der Waals surface area contributed by atoms with Crippen LogP contribution >= 0.6 is 11.8 Å². The van der Waals surface area contributed by atoms with Crippen LogP contribution in [-0.2, 0) is 6.18 Å². The minimum absolute atomic E-state index is 0.353. The number of benzene rings is 1. The van der Waals surface area contributed by atoms with Gasteiger partial charge in [0.15, 0.2) is 0 Å². The van der Waals surface area contributed by atoms with Gasteiger partial charge in [-0.3, -0.25) is 11.3 Å². The van der Waals surface area contributed by atoms with Crippen LogP contribution in [0.15, 0.2) is 18.2 Å². The first kappa shape index (κ1) is 15.3. The molecule has 0 aliphatic heterocycles. The molecule has 0 saturated heterocycles. The van der Waals surface area contributed by atoms with E-state index in [-0.39, 0.29) is 6.04 Å². The maximum Gasteiger partial charge on any atom is 0.419 e. The van der Waals surface area contributed by atoms with Crippen molar-refractivity contribution >= 4 is 11.8 Å². The van der Waals surface area contributed by atoms with Gasteiger partial charge in [-0.15, -0.1) is 0 Å². The second-order valence-corrected chi connectivity index (χ2v) is 4.72. The number of hydrogen-bond donors (Lipinski definition) is 2. The van der Waals surface area contributed by atoms with Gasteiger partial charge >= 0.3 is 6.18 Å². The monoisotopic (exact) mass is 282 g/mol. The highest BCUT2D eigenvalue weighted by Gasteiger charge is 2.34. The lowest BCUT2D eigenvalue weighted by Gasteiger charge is -2.17. The van der Waals surface area contributed by atoms with E-state index in [1.54, 1.807) is 11.8 Å². The van der Waals surface area contributed by atoms with Gasteiger partial charge in [-0.05, 0) is 36.1 Å². The lowest BCUT2D eigenvalue weighted by Crippen LogP contribution is -2.28. The van der Waals surface area contributed by atoms with Gasteiger partial charge < -0.3 is 0 Å². The maximum atomic E-state index is 13.4. The van der Waals surface area contributed by atoms with Gasteiger partial charge in [-0.2, -0.15) is 24.9 Å². The van der Waals surface area contributed by atoms with Gasteiger partial charge in [-0.25, -0.2) is 4.39 Å². The van der Waals surface area contributed by atoms with Crippen molar-refractivity contribution in [3.8, 4) is 0 Å². The smallest absolute Gasteiger partial charge is 0.271 e. The average molecular weight is 282 g/mol. The number of hydrogen-bond acceptors (Lipinski definition) is 3. The molecule has 0 amide bonds. The Hall–Kier alpha value is -0.790. The molecule has 0 radical (unpaired) electrons. The zero-order chi connectivity index (χ0) is 13.8. The maximum absolute atomic E-state index is 13.4. The highest BCUT2D eigenvalue weighted by Crippen LogP contribution is 2.32. The van der Waals surface area contributed by atoms with E-state index in [2.05, 4.69) is 5.43 Å². The van der Waals surface area contributed by atoms with E-state index in [1.165, 1.54) is 6.07 Å². The summed E-state index contributed by atoms with van der Waals surface area (Å²) in [6, 6.07) is 2.52. The van der Waals surface area contributed by atoms with Crippen LogP contribution in [0.1, 0.15) is 23.6 Å². The molecule has 0 aromatic heterocycles. The van der Waals surface area contributed by atoms with Gasteiger partial charge in [-0.1, -0.05) is 6.07 Å². The fraction of sp³-hybridized carbons (Fsp3) is 0.455. The van der Waals surface area contributed by atoms with Crippen LogP contribution in [0.25, 0.3) is 0 Å². The number of alkyl halides is 3. The average Bonchev–Trinajstić information content (AvgIpc) is 2.28. The SMILES string of the molecule is CSCCC(NN)c1ccc(C(F)(F)F)c(F)c1. The van der Waals surface area contributed by atoms with E-state index in [4.69, 9.17) is 5.84 Å². The first-order valence-corrected chi connectivity index (χ1v) is 6.61. The molecule has 0 spiro atoms. The normalized spacial score (nSPS) is 13.7. The Morgan fingerprint density at radius 3 is 2.50 bits per heavy atom. The Morgan fingerprint density at radius 2 is 2.06 bits per heavy atom. The highest BCUT2D eigenvalue weighted by atomic mass is 32.2. The number of nitrogens with two attached hydrogens (primary N) is 1. The van der Waals surface area contributed by atoms with E-state index in [0.29, 0.717) is 12.0 Å². The molecule has 1 unspecified atom stereocenters. The highest BCUT2D eigenvalue weighted by molar-refractivity contribution is 7.98. The summed E-state index contributed by atoms with van der Waals surface area (Å²) >= 11 is 1.58.